The molecule has 1 N–H and O–H groups in total. The molecule has 120 valence electrons. The third-order valence-corrected chi connectivity index (χ3v) is 3.75. The van der Waals surface area contributed by atoms with Gasteiger partial charge < -0.3 is 5.11 Å². The van der Waals surface area contributed by atoms with Gasteiger partial charge in [-0.05, 0) is 18.1 Å². The van der Waals surface area contributed by atoms with Gasteiger partial charge >= 0.3 is 0 Å². The third kappa shape index (κ3) is 2.48. The number of rotatable bonds is 3. The molecule has 0 aliphatic carbocycles. The standard InChI is InChI=1S/C16H15F2N3O2/c1-9-5-3-4-6-10(9)13-14(22)11-7-20(2)19-15(11)21(16(13)23)8-12(17)18/h3-7,12,22H,8H2,1-2H3. The maximum absolute atomic E-state index is 12.9. The van der Waals surface area contributed by atoms with Gasteiger partial charge in [-0.2, -0.15) is 5.10 Å². The summed E-state index contributed by atoms with van der Waals surface area (Å²) in [5.74, 6) is -0.238. The zero-order valence-electron chi connectivity index (χ0n) is 12.6. The van der Waals surface area contributed by atoms with Crippen molar-refractivity contribution >= 4 is 11.0 Å². The van der Waals surface area contributed by atoms with E-state index >= 15 is 0 Å². The first-order valence-corrected chi connectivity index (χ1v) is 7.03. The number of hydrogen-bond donors (Lipinski definition) is 1. The van der Waals surface area contributed by atoms with Gasteiger partial charge in [0.25, 0.3) is 12.0 Å². The molecule has 0 aliphatic rings. The highest BCUT2D eigenvalue weighted by atomic mass is 19.3. The largest absolute Gasteiger partial charge is 0.506 e. The molecule has 0 amide bonds. The summed E-state index contributed by atoms with van der Waals surface area (Å²) in [6, 6.07) is 7.00. The highest BCUT2D eigenvalue weighted by Gasteiger charge is 2.22. The molecule has 23 heavy (non-hydrogen) atoms. The summed E-state index contributed by atoms with van der Waals surface area (Å²) in [6.45, 7) is 1.02. The van der Waals surface area contributed by atoms with Crippen LogP contribution in [0.1, 0.15) is 5.56 Å². The van der Waals surface area contributed by atoms with Crippen molar-refractivity contribution in [1.82, 2.24) is 14.3 Å². The first kappa shape index (κ1) is 15.2. The van der Waals surface area contributed by atoms with E-state index in [1.165, 1.54) is 10.9 Å². The molecule has 2 aromatic heterocycles. The lowest BCUT2D eigenvalue weighted by molar-refractivity contribution is 0.126. The van der Waals surface area contributed by atoms with Crippen LogP contribution in [0, 0.1) is 6.92 Å². The molecular weight excluding hydrogens is 304 g/mol. The molecule has 0 unspecified atom stereocenters. The molecule has 0 aliphatic heterocycles. The Hall–Kier alpha value is -2.70. The van der Waals surface area contributed by atoms with E-state index in [9.17, 15) is 18.7 Å². The summed E-state index contributed by atoms with van der Waals surface area (Å²) in [7, 11) is 1.60. The van der Waals surface area contributed by atoms with Gasteiger partial charge in [0.15, 0.2) is 5.65 Å². The Bertz CT molecular complexity index is 944. The monoisotopic (exact) mass is 319 g/mol. The van der Waals surface area contributed by atoms with Gasteiger partial charge in [-0.3, -0.25) is 14.0 Å². The maximum Gasteiger partial charge on any atom is 0.264 e. The Morgan fingerprint density at radius 3 is 2.65 bits per heavy atom. The summed E-state index contributed by atoms with van der Waals surface area (Å²) >= 11 is 0. The molecule has 0 spiro atoms. The predicted octanol–water partition coefficient (Wildman–Crippen LogP) is 2.68. The maximum atomic E-state index is 12.9. The molecule has 0 atom stereocenters. The molecule has 0 saturated carbocycles. The van der Waals surface area contributed by atoms with Gasteiger partial charge in [-0.1, -0.05) is 24.3 Å². The van der Waals surface area contributed by atoms with Crippen LogP contribution in [0.5, 0.6) is 5.75 Å². The average molecular weight is 319 g/mol. The second-order valence-corrected chi connectivity index (χ2v) is 5.39. The molecule has 7 heteroatoms. The second kappa shape index (κ2) is 5.49. The van der Waals surface area contributed by atoms with Crippen molar-refractivity contribution in [2.24, 2.45) is 7.05 Å². The topological polar surface area (TPSA) is 60.0 Å². The Balaban J connectivity index is 2.43. The predicted molar refractivity (Wildman–Crippen MR) is 82.8 cm³/mol. The van der Waals surface area contributed by atoms with Gasteiger partial charge in [-0.15, -0.1) is 0 Å². The minimum atomic E-state index is -2.70. The third-order valence-electron chi connectivity index (χ3n) is 3.75. The molecule has 0 saturated heterocycles. The average Bonchev–Trinajstić information content (AvgIpc) is 2.87. The fourth-order valence-electron chi connectivity index (χ4n) is 2.71. The van der Waals surface area contributed by atoms with E-state index in [1.807, 2.05) is 0 Å². The van der Waals surface area contributed by atoms with Crippen LogP contribution >= 0.6 is 0 Å². The van der Waals surface area contributed by atoms with Gasteiger partial charge in [0.2, 0.25) is 0 Å². The summed E-state index contributed by atoms with van der Waals surface area (Å²) in [5.41, 5.74) is 0.677. The fraction of sp³-hybridized carbons (Fsp3) is 0.250. The molecule has 2 heterocycles. The quantitative estimate of drug-likeness (QED) is 0.807. The number of benzene rings is 1. The Morgan fingerprint density at radius 1 is 1.30 bits per heavy atom. The number of aromatic nitrogens is 3. The first-order chi connectivity index (χ1) is 10.9. The molecule has 0 fully saturated rings. The minimum absolute atomic E-state index is 0.0178. The lowest BCUT2D eigenvalue weighted by Crippen LogP contribution is -2.25. The molecule has 0 radical (unpaired) electrons. The second-order valence-electron chi connectivity index (χ2n) is 5.39. The van der Waals surface area contributed by atoms with E-state index < -0.39 is 18.5 Å². The molecule has 0 bridgehead atoms. The highest BCUT2D eigenvalue weighted by molar-refractivity contribution is 5.90. The molecule has 1 aromatic carbocycles. The number of aryl methyl sites for hydroxylation is 2. The Morgan fingerprint density at radius 2 is 2.00 bits per heavy atom. The van der Waals surface area contributed by atoms with E-state index in [0.717, 1.165) is 10.1 Å². The van der Waals surface area contributed by atoms with Gasteiger partial charge in [-0.25, -0.2) is 8.78 Å². The van der Waals surface area contributed by atoms with E-state index in [1.54, 1.807) is 38.2 Å². The molecular formula is C16H15F2N3O2. The summed E-state index contributed by atoms with van der Waals surface area (Å²) in [4.78, 5) is 12.7. The van der Waals surface area contributed by atoms with Gasteiger partial charge in [0.05, 0.1) is 17.5 Å². The Labute approximate surface area is 130 Å². The van der Waals surface area contributed by atoms with Crippen LogP contribution in [0.15, 0.2) is 35.3 Å². The van der Waals surface area contributed by atoms with Crippen LogP contribution in [-0.2, 0) is 13.6 Å². The van der Waals surface area contributed by atoms with Crippen LogP contribution in [0.25, 0.3) is 22.2 Å². The van der Waals surface area contributed by atoms with Crippen LogP contribution in [0.4, 0.5) is 8.78 Å². The van der Waals surface area contributed by atoms with Crippen molar-refractivity contribution in [1.29, 1.82) is 0 Å². The fourth-order valence-corrected chi connectivity index (χ4v) is 2.71. The van der Waals surface area contributed by atoms with Crippen LogP contribution in [0.2, 0.25) is 0 Å². The van der Waals surface area contributed by atoms with E-state index in [-0.39, 0.29) is 22.3 Å². The number of alkyl halides is 2. The Kier molecular flexibility index (Phi) is 3.63. The van der Waals surface area contributed by atoms with Gasteiger partial charge in [0, 0.05) is 13.2 Å². The SMILES string of the molecule is Cc1ccccc1-c1c(O)c2cn(C)nc2n(CC(F)F)c1=O. The number of halogens is 2. The van der Waals surface area contributed by atoms with Crippen molar-refractivity contribution in [2.75, 3.05) is 0 Å². The zero-order chi connectivity index (χ0) is 16.7. The van der Waals surface area contributed by atoms with E-state index in [4.69, 9.17) is 0 Å². The summed E-state index contributed by atoms with van der Waals surface area (Å²) in [6.07, 6.45) is -1.19. The van der Waals surface area contributed by atoms with Crippen LogP contribution in [0.3, 0.4) is 0 Å². The normalized spacial score (nSPS) is 11.5. The summed E-state index contributed by atoms with van der Waals surface area (Å²) < 4.78 is 28.1. The minimum Gasteiger partial charge on any atom is -0.506 e. The number of hydrogen-bond acceptors (Lipinski definition) is 3. The van der Waals surface area contributed by atoms with Crippen molar-refractivity contribution in [3.05, 3.63) is 46.4 Å². The lowest BCUT2D eigenvalue weighted by atomic mass is 10.00. The van der Waals surface area contributed by atoms with Crippen molar-refractivity contribution in [2.45, 2.75) is 19.9 Å². The molecule has 3 rings (SSSR count). The first-order valence-electron chi connectivity index (χ1n) is 7.03. The van der Waals surface area contributed by atoms with Crippen LogP contribution < -0.4 is 5.56 Å². The number of fused-ring (bicyclic) bond motifs is 1. The van der Waals surface area contributed by atoms with E-state index in [0.29, 0.717) is 5.56 Å². The van der Waals surface area contributed by atoms with Crippen molar-refractivity contribution < 1.29 is 13.9 Å². The summed E-state index contributed by atoms with van der Waals surface area (Å²) in [5, 5.41) is 14.8. The lowest BCUT2D eigenvalue weighted by Gasteiger charge is -2.13. The molecule has 5 nitrogen and oxygen atoms in total. The smallest absolute Gasteiger partial charge is 0.264 e. The highest BCUT2D eigenvalue weighted by Crippen LogP contribution is 2.34. The molecule has 3 aromatic rings. The number of nitrogens with zero attached hydrogens (tertiary/aromatic N) is 3. The van der Waals surface area contributed by atoms with E-state index in [2.05, 4.69) is 5.10 Å². The number of pyridine rings is 1. The van der Waals surface area contributed by atoms with Gasteiger partial charge in [0.1, 0.15) is 5.75 Å². The van der Waals surface area contributed by atoms with Crippen molar-refractivity contribution in [3.8, 4) is 16.9 Å². The van der Waals surface area contributed by atoms with Crippen LogP contribution in [-0.4, -0.2) is 25.9 Å². The zero-order valence-corrected chi connectivity index (χ0v) is 12.6. The number of aromatic hydroxyl groups is 1. The van der Waals surface area contributed by atoms with Crippen molar-refractivity contribution in [3.63, 3.8) is 0 Å².